The summed E-state index contributed by atoms with van der Waals surface area (Å²) in [7, 11) is 1.71. The van der Waals surface area contributed by atoms with Crippen molar-refractivity contribution in [2.24, 2.45) is 0 Å². The number of likely N-dealkylation sites (N-methyl/N-ethyl adjacent to an activating group) is 1. The maximum atomic E-state index is 11.4. The number of nitrogens with one attached hydrogen (secondary N) is 1. The fraction of sp³-hybridized carbons (Fsp3) is 0.429. The molecule has 5 nitrogen and oxygen atoms in total. The Bertz CT molecular complexity index is 406. The molecule has 0 aliphatic rings. The van der Waals surface area contributed by atoms with Gasteiger partial charge in [-0.25, -0.2) is 4.79 Å². The molecule has 19 heavy (non-hydrogen) atoms. The summed E-state index contributed by atoms with van der Waals surface area (Å²) in [5.74, 6) is 0.0550. The molecule has 0 atom stereocenters. The molecule has 5 heteroatoms. The predicted molar refractivity (Wildman–Crippen MR) is 72.6 cm³/mol. The number of amides is 2. The molecule has 1 aromatic rings. The lowest BCUT2D eigenvalue weighted by Crippen LogP contribution is -2.36. The van der Waals surface area contributed by atoms with Crippen molar-refractivity contribution < 1.29 is 14.3 Å². The van der Waals surface area contributed by atoms with Gasteiger partial charge in [0.2, 0.25) is 5.91 Å². The van der Waals surface area contributed by atoms with Crippen molar-refractivity contribution in [3.05, 3.63) is 35.9 Å². The Balaban J connectivity index is 2.16. The number of ether oxygens (including phenoxy) is 1. The quantitative estimate of drug-likeness (QED) is 0.852. The Kier molecular flexibility index (Phi) is 6.43. The first-order valence-electron chi connectivity index (χ1n) is 6.32. The fourth-order valence-electron chi connectivity index (χ4n) is 1.49. The van der Waals surface area contributed by atoms with E-state index in [9.17, 15) is 9.59 Å². The van der Waals surface area contributed by atoms with Gasteiger partial charge in [0.25, 0.3) is 0 Å². The lowest BCUT2D eigenvalue weighted by Gasteiger charge is -2.16. The molecule has 104 valence electrons. The van der Waals surface area contributed by atoms with E-state index in [-0.39, 0.29) is 12.5 Å². The van der Waals surface area contributed by atoms with Crippen LogP contribution in [0.5, 0.6) is 0 Å². The molecule has 0 aliphatic heterocycles. The summed E-state index contributed by atoms with van der Waals surface area (Å²) in [4.78, 5) is 24.3. The van der Waals surface area contributed by atoms with Gasteiger partial charge in [0.15, 0.2) is 0 Å². The Hall–Kier alpha value is -2.04. The summed E-state index contributed by atoms with van der Waals surface area (Å²) in [6.07, 6.45) is -0.00389. The third kappa shape index (κ3) is 5.90. The Morgan fingerprint density at radius 2 is 1.95 bits per heavy atom. The zero-order valence-electron chi connectivity index (χ0n) is 11.4. The summed E-state index contributed by atoms with van der Waals surface area (Å²) in [6.45, 7) is 2.92. The van der Waals surface area contributed by atoms with E-state index in [2.05, 4.69) is 5.32 Å². The topological polar surface area (TPSA) is 58.6 Å². The van der Waals surface area contributed by atoms with Gasteiger partial charge in [0.05, 0.1) is 0 Å². The summed E-state index contributed by atoms with van der Waals surface area (Å²) < 4.78 is 5.04. The number of carbonyl (C=O) groups excluding carboxylic acids is 2. The SMILES string of the molecule is CCC(=O)N(C)CCNC(=O)OCc1ccccc1. The van der Waals surface area contributed by atoms with Crippen molar-refractivity contribution in [1.82, 2.24) is 10.2 Å². The molecule has 1 aromatic carbocycles. The number of carbonyl (C=O) groups is 2. The second-order valence-electron chi connectivity index (χ2n) is 4.16. The Morgan fingerprint density at radius 3 is 2.58 bits per heavy atom. The van der Waals surface area contributed by atoms with Crippen LogP contribution in [0, 0.1) is 0 Å². The van der Waals surface area contributed by atoms with Crippen LogP contribution >= 0.6 is 0 Å². The summed E-state index contributed by atoms with van der Waals surface area (Å²) in [6, 6.07) is 9.47. The van der Waals surface area contributed by atoms with E-state index in [0.29, 0.717) is 19.5 Å². The molecule has 0 spiro atoms. The second-order valence-corrected chi connectivity index (χ2v) is 4.16. The molecule has 0 heterocycles. The minimum atomic E-state index is -0.471. The minimum Gasteiger partial charge on any atom is -0.445 e. The molecule has 0 fully saturated rings. The molecule has 0 saturated carbocycles. The standard InChI is InChI=1S/C14H20N2O3/c1-3-13(17)16(2)10-9-15-14(18)19-11-12-7-5-4-6-8-12/h4-8H,3,9-11H2,1-2H3,(H,15,18). The average Bonchev–Trinajstić information content (AvgIpc) is 2.45. The van der Waals surface area contributed by atoms with Crippen LogP contribution < -0.4 is 5.32 Å². The normalized spacial score (nSPS) is 9.79. The van der Waals surface area contributed by atoms with Gasteiger partial charge < -0.3 is 15.0 Å². The highest BCUT2D eigenvalue weighted by Gasteiger charge is 2.06. The van der Waals surface area contributed by atoms with E-state index >= 15 is 0 Å². The van der Waals surface area contributed by atoms with Gasteiger partial charge in [-0.3, -0.25) is 4.79 Å². The van der Waals surface area contributed by atoms with Gasteiger partial charge in [0, 0.05) is 26.6 Å². The minimum absolute atomic E-state index is 0.0550. The second kappa shape index (κ2) is 8.13. The highest BCUT2D eigenvalue weighted by atomic mass is 16.5. The smallest absolute Gasteiger partial charge is 0.407 e. The van der Waals surface area contributed by atoms with Crippen LogP contribution in [-0.4, -0.2) is 37.0 Å². The van der Waals surface area contributed by atoms with Gasteiger partial charge in [-0.1, -0.05) is 37.3 Å². The number of alkyl carbamates (subject to hydrolysis) is 1. The maximum Gasteiger partial charge on any atom is 0.407 e. The maximum absolute atomic E-state index is 11.4. The van der Waals surface area contributed by atoms with Gasteiger partial charge in [0.1, 0.15) is 6.61 Å². The van der Waals surface area contributed by atoms with Gasteiger partial charge in [-0.05, 0) is 5.56 Å². The van der Waals surface area contributed by atoms with Crippen LogP contribution in [0.25, 0.3) is 0 Å². The van der Waals surface area contributed by atoms with Gasteiger partial charge >= 0.3 is 6.09 Å². The molecular formula is C14H20N2O3. The molecule has 1 N–H and O–H groups in total. The Morgan fingerprint density at radius 1 is 1.26 bits per heavy atom. The largest absolute Gasteiger partial charge is 0.445 e. The highest BCUT2D eigenvalue weighted by molar-refractivity contribution is 5.75. The van der Waals surface area contributed by atoms with Crippen LogP contribution in [0.2, 0.25) is 0 Å². The highest BCUT2D eigenvalue weighted by Crippen LogP contribution is 2.00. The van der Waals surface area contributed by atoms with Crippen molar-refractivity contribution in [3.63, 3.8) is 0 Å². The summed E-state index contributed by atoms with van der Waals surface area (Å²) >= 11 is 0. The molecule has 0 unspecified atom stereocenters. The van der Waals surface area contributed by atoms with Crippen LogP contribution in [-0.2, 0) is 16.1 Å². The van der Waals surface area contributed by atoms with E-state index in [0.717, 1.165) is 5.56 Å². The van der Waals surface area contributed by atoms with E-state index in [4.69, 9.17) is 4.74 Å². The van der Waals surface area contributed by atoms with Crippen LogP contribution in [0.3, 0.4) is 0 Å². The lowest BCUT2D eigenvalue weighted by atomic mass is 10.2. The number of hydrogen-bond acceptors (Lipinski definition) is 3. The average molecular weight is 264 g/mol. The van der Waals surface area contributed by atoms with E-state index in [1.54, 1.807) is 18.9 Å². The first kappa shape index (κ1) is 15.0. The zero-order valence-corrected chi connectivity index (χ0v) is 11.4. The van der Waals surface area contributed by atoms with E-state index < -0.39 is 6.09 Å². The molecule has 0 radical (unpaired) electrons. The first-order chi connectivity index (χ1) is 9.13. The van der Waals surface area contributed by atoms with Gasteiger partial charge in [-0.2, -0.15) is 0 Å². The van der Waals surface area contributed by atoms with Crippen LogP contribution in [0.1, 0.15) is 18.9 Å². The molecule has 0 saturated heterocycles. The molecule has 0 aliphatic carbocycles. The molecule has 1 rings (SSSR count). The van der Waals surface area contributed by atoms with Crippen molar-refractivity contribution in [2.75, 3.05) is 20.1 Å². The third-order valence-corrected chi connectivity index (χ3v) is 2.66. The summed E-state index contributed by atoms with van der Waals surface area (Å²) in [5, 5.41) is 2.61. The lowest BCUT2D eigenvalue weighted by molar-refractivity contribution is -0.129. The summed E-state index contributed by atoms with van der Waals surface area (Å²) in [5.41, 5.74) is 0.941. The Labute approximate surface area is 113 Å². The number of nitrogens with zero attached hydrogens (tertiary/aromatic N) is 1. The van der Waals surface area contributed by atoms with Gasteiger partial charge in [-0.15, -0.1) is 0 Å². The third-order valence-electron chi connectivity index (χ3n) is 2.66. The number of rotatable bonds is 6. The zero-order chi connectivity index (χ0) is 14.1. The van der Waals surface area contributed by atoms with E-state index in [1.807, 2.05) is 30.3 Å². The van der Waals surface area contributed by atoms with Crippen molar-refractivity contribution in [2.45, 2.75) is 20.0 Å². The fourth-order valence-corrected chi connectivity index (χ4v) is 1.49. The van der Waals surface area contributed by atoms with E-state index in [1.165, 1.54) is 0 Å². The van der Waals surface area contributed by atoms with Crippen LogP contribution in [0.15, 0.2) is 30.3 Å². The molecule has 2 amide bonds. The monoisotopic (exact) mass is 264 g/mol. The molecule has 0 aromatic heterocycles. The van der Waals surface area contributed by atoms with Crippen molar-refractivity contribution in [3.8, 4) is 0 Å². The van der Waals surface area contributed by atoms with Crippen molar-refractivity contribution >= 4 is 12.0 Å². The molecular weight excluding hydrogens is 244 g/mol. The van der Waals surface area contributed by atoms with Crippen molar-refractivity contribution in [1.29, 1.82) is 0 Å². The molecule has 0 bridgehead atoms. The number of benzene rings is 1. The first-order valence-corrected chi connectivity index (χ1v) is 6.32. The number of hydrogen-bond donors (Lipinski definition) is 1. The predicted octanol–water partition coefficient (Wildman–Crippen LogP) is 1.78. The van der Waals surface area contributed by atoms with Crippen LogP contribution in [0.4, 0.5) is 4.79 Å².